The summed E-state index contributed by atoms with van der Waals surface area (Å²) in [6.45, 7) is 0.682. The number of hydrogen-bond acceptors (Lipinski definition) is 7. The van der Waals surface area contributed by atoms with Crippen molar-refractivity contribution in [3.63, 3.8) is 0 Å². The number of imide groups is 1. The Kier molecular flexibility index (Phi) is 5.67. The minimum Gasteiger partial charge on any atom is -0.451 e. The number of esters is 1. The zero-order valence-corrected chi connectivity index (χ0v) is 16.5. The number of amides is 3. The fourth-order valence-corrected chi connectivity index (χ4v) is 3.29. The molecule has 0 unspecified atom stereocenters. The van der Waals surface area contributed by atoms with Crippen molar-refractivity contribution in [3.05, 3.63) is 59.7 Å². The number of rotatable bonds is 6. The zero-order chi connectivity index (χ0) is 22.1. The third kappa shape index (κ3) is 4.36. The van der Waals surface area contributed by atoms with Crippen LogP contribution in [-0.2, 0) is 24.3 Å². The van der Waals surface area contributed by atoms with Gasteiger partial charge in [-0.1, -0.05) is 12.1 Å². The number of nitrogens with two attached hydrogens (primary N) is 1. The molecule has 0 saturated carbocycles. The van der Waals surface area contributed by atoms with E-state index in [0.717, 1.165) is 4.90 Å². The fraction of sp³-hybridized carbons (Fsp3) is 0.158. The molecule has 11 heteroatoms. The average molecular weight is 431 g/mol. The average Bonchev–Trinajstić information content (AvgIpc) is 2.93. The highest BCUT2D eigenvalue weighted by atomic mass is 32.2. The number of nitrogens with one attached hydrogen (secondary N) is 1. The van der Waals surface area contributed by atoms with Gasteiger partial charge in [-0.3, -0.25) is 24.1 Å². The molecule has 0 saturated heterocycles. The molecular weight excluding hydrogens is 414 g/mol. The minimum absolute atomic E-state index is 0.124. The summed E-state index contributed by atoms with van der Waals surface area (Å²) in [7, 11) is -3.86. The molecule has 0 spiro atoms. The number of hydrogen-bond donors (Lipinski definition) is 2. The molecular formula is C19H17N3O7S. The van der Waals surface area contributed by atoms with Crippen LogP contribution in [0, 0.1) is 0 Å². The van der Waals surface area contributed by atoms with Crippen LogP contribution in [0.25, 0.3) is 0 Å². The highest BCUT2D eigenvalue weighted by Gasteiger charge is 2.37. The molecule has 1 heterocycles. The topological polar surface area (TPSA) is 153 Å². The monoisotopic (exact) mass is 431 g/mol. The Hall–Kier alpha value is -3.57. The van der Waals surface area contributed by atoms with Gasteiger partial charge in [-0.2, -0.15) is 0 Å². The molecule has 10 nitrogen and oxygen atoms in total. The van der Waals surface area contributed by atoms with Gasteiger partial charge < -0.3 is 10.1 Å². The summed E-state index contributed by atoms with van der Waals surface area (Å²) in [5.41, 5.74) is 0.656. The van der Waals surface area contributed by atoms with Crippen LogP contribution in [0.4, 0.5) is 5.69 Å². The van der Waals surface area contributed by atoms with Crippen LogP contribution in [0.2, 0.25) is 0 Å². The lowest BCUT2D eigenvalue weighted by Gasteiger charge is -2.16. The van der Waals surface area contributed by atoms with Gasteiger partial charge in [0.1, 0.15) is 6.54 Å². The van der Waals surface area contributed by atoms with Crippen LogP contribution >= 0.6 is 0 Å². The van der Waals surface area contributed by atoms with Crippen molar-refractivity contribution in [2.24, 2.45) is 5.14 Å². The Balaban J connectivity index is 1.57. The van der Waals surface area contributed by atoms with E-state index in [1.54, 1.807) is 12.1 Å². The van der Waals surface area contributed by atoms with Crippen molar-refractivity contribution in [1.82, 2.24) is 4.90 Å². The smallest absolute Gasteiger partial charge is 0.326 e. The number of carbonyl (C=O) groups is 4. The van der Waals surface area contributed by atoms with Crippen molar-refractivity contribution in [2.45, 2.75) is 17.9 Å². The number of sulfonamides is 1. The SMILES string of the molecule is C[C@H](OC(=O)CN1C(=O)c2ccccc2C1=O)C(=O)Nc1ccc(S(N)(=O)=O)cc1. The number of ether oxygens (including phenoxy) is 1. The second-order valence-electron chi connectivity index (χ2n) is 6.43. The minimum atomic E-state index is -3.86. The van der Waals surface area contributed by atoms with Crippen molar-refractivity contribution in [2.75, 3.05) is 11.9 Å². The quantitative estimate of drug-likeness (QED) is 0.499. The van der Waals surface area contributed by atoms with Gasteiger partial charge in [0.05, 0.1) is 16.0 Å². The molecule has 0 fully saturated rings. The van der Waals surface area contributed by atoms with E-state index in [0.29, 0.717) is 0 Å². The summed E-state index contributed by atoms with van der Waals surface area (Å²) in [5, 5.41) is 7.45. The lowest BCUT2D eigenvalue weighted by atomic mass is 10.1. The first-order valence-electron chi connectivity index (χ1n) is 8.66. The van der Waals surface area contributed by atoms with Crippen LogP contribution in [0.5, 0.6) is 0 Å². The molecule has 0 aliphatic carbocycles. The number of anilines is 1. The van der Waals surface area contributed by atoms with Crippen molar-refractivity contribution >= 4 is 39.4 Å². The van der Waals surface area contributed by atoms with Crippen LogP contribution in [0.3, 0.4) is 0 Å². The Morgan fingerprint density at radius 2 is 1.57 bits per heavy atom. The molecule has 1 aliphatic heterocycles. The summed E-state index contributed by atoms with van der Waals surface area (Å²) >= 11 is 0. The Bertz CT molecular complexity index is 1110. The summed E-state index contributed by atoms with van der Waals surface area (Å²) in [4.78, 5) is 49.5. The largest absolute Gasteiger partial charge is 0.451 e. The molecule has 156 valence electrons. The van der Waals surface area contributed by atoms with Crippen LogP contribution in [0.1, 0.15) is 27.6 Å². The maximum atomic E-state index is 12.3. The number of benzene rings is 2. The zero-order valence-electron chi connectivity index (χ0n) is 15.7. The third-order valence-electron chi connectivity index (χ3n) is 4.29. The van der Waals surface area contributed by atoms with Gasteiger partial charge in [-0.15, -0.1) is 0 Å². The molecule has 0 aromatic heterocycles. The van der Waals surface area contributed by atoms with E-state index in [4.69, 9.17) is 9.88 Å². The van der Waals surface area contributed by atoms with E-state index < -0.39 is 46.4 Å². The van der Waals surface area contributed by atoms with Gasteiger partial charge in [-0.25, -0.2) is 13.6 Å². The first kappa shape index (κ1) is 21.1. The number of nitrogens with zero attached hydrogens (tertiary/aromatic N) is 1. The van der Waals surface area contributed by atoms with Gasteiger partial charge >= 0.3 is 5.97 Å². The standard InChI is InChI=1S/C19H17N3O7S/c1-11(17(24)21-12-6-8-13(9-7-12)30(20,27)28)29-16(23)10-22-18(25)14-4-2-3-5-15(14)19(22)26/h2-9,11H,10H2,1H3,(H,21,24)(H2,20,27,28)/t11-/m0/s1. The van der Waals surface area contributed by atoms with Gasteiger partial charge in [0, 0.05) is 5.69 Å². The van der Waals surface area contributed by atoms with E-state index >= 15 is 0 Å². The number of fused-ring (bicyclic) bond motifs is 1. The van der Waals surface area contributed by atoms with Gasteiger partial charge in [0.15, 0.2) is 6.10 Å². The fourth-order valence-electron chi connectivity index (χ4n) is 2.77. The summed E-state index contributed by atoms with van der Waals surface area (Å²) in [5.74, 6) is -2.84. The second kappa shape index (κ2) is 8.05. The molecule has 0 bridgehead atoms. The molecule has 1 aliphatic rings. The predicted molar refractivity (Wildman–Crippen MR) is 104 cm³/mol. The first-order valence-corrected chi connectivity index (χ1v) is 10.2. The summed E-state index contributed by atoms with van der Waals surface area (Å²) in [6.07, 6.45) is -1.23. The molecule has 3 N–H and O–H groups in total. The molecule has 2 aromatic rings. The maximum absolute atomic E-state index is 12.3. The van der Waals surface area contributed by atoms with Crippen LogP contribution < -0.4 is 10.5 Å². The number of carbonyl (C=O) groups excluding carboxylic acids is 4. The van der Waals surface area contributed by atoms with Crippen molar-refractivity contribution < 1.29 is 32.3 Å². The second-order valence-corrected chi connectivity index (χ2v) is 7.99. The molecule has 1 atom stereocenters. The van der Waals surface area contributed by atoms with Crippen molar-refractivity contribution in [3.8, 4) is 0 Å². The van der Waals surface area contributed by atoms with E-state index in [1.807, 2.05) is 0 Å². The van der Waals surface area contributed by atoms with Gasteiger partial charge in [0.2, 0.25) is 10.0 Å². The van der Waals surface area contributed by atoms with E-state index in [-0.39, 0.29) is 21.7 Å². The lowest BCUT2D eigenvalue weighted by Crippen LogP contribution is -2.38. The molecule has 3 rings (SSSR count). The first-order chi connectivity index (χ1) is 14.1. The highest BCUT2D eigenvalue weighted by molar-refractivity contribution is 7.89. The maximum Gasteiger partial charge on any atom is 0.326 e. The van der Waals surface area contributed by atoms with Gasteiger partial charge in [0.25, 0.3) is 17.7 Å². The lowest BCUT2D eigenvalue weighted by molar-refractivity contribution is -0.153. The van der Waals surface area contributed by atoms with Crippen LogP contribution in [0.15, 0.2) is 53.4 Å². The Labute approximate surface area is 171 Å². The highest BCUT2D eigenvalue weighted by Crippen LogP contribution is 2.22. The molecule has 2 aromatic carbocycles. The molecule has 0 radical (unpaired) electrons. The van der Waals surface area contributed by atoms with Crippen molar-refractivity contribution in [1.29, 1.82) is 0 Å². The Morgan fingerprint density at radius 1 is 1.03 bits per heavy atom. The number of primary sulfonamides is 1. The molecule has 3 amide bonds. The third-order valence-corrected chi connectivity index (χ3v) is 5.22. The van der Waals surface area contributed by atoms with Gasteiger partial charge in [-0.05, 0) is 43.3 Å². The summed E-state index contributed by atoms with van der Waals surface area (Å²) in [6, 6.07) is 11.3. The predicted octanol–water partition coefficient (Wildman–Crippen LogP) is 0.500. The van der Waals surface area contributed by atoms with E-state index in [2.05, 4.69) is 5.32 Å². The Morgan fingerprint density at radius 3 is 2.07 bits per heavy atom. The normalized spacial score (nSPS) is 14.3. The molecule has 30 heavy (non-hydrogen) atoms. The summed E-state index contributed by atoms with van der Waals surface area (Å²) < 4.78 is 27.5. The van der Waals surface area contributed by atoms with E-state index in [9.17, 15) is 27.6 Å². The van der Waals surface area contributed by atoms with E-state index in [1.165, 1.54) is 43.3 Å². The van der Waals surface area contributed by atoms with Crippen LogP contribution in [-0.4, -0.2) is 49.7 Å².